The highest BCUT2D eigenvalue weighted by Crippen LogP contribution is 2.51. The minimum Gasteiger partial charge on any atom is -0.302 e. The molecule has 0 aromatic rings. The van der Waals surface area contributed by atoms with Gasteiger partial charge in [0.15, 0.2) is 11.6 Å². The first-order chi connectivity index (χ1) is 9.37. The topological polar surface area (TPSA) is 49.4 Å². The first-order valence-corrected chi connectivity index (χ1v) is 8.71. The molecule has 2 saturated heterocycles. The summed E-state index contributed by atoms with van der Waals surface area (Å²) in [6, 6.07) is 0. The van der Waals surface area contributed by atoms with E-state index < -0.39 is 0 Å². The summed E-state index contributed by atoms with van der Waals surface area (Å²) in [6.45, 7) is 5.96. The van der Waals surface area contributed by atoms with Crippen LogP contribution in [0, 0.1) is 5.41 Å². The van der Waals surface area contributed by atoms with Crippen molar-refractivity contribution in [2.24, 2.45) is 5.41 Å². The van der Waals surface area contributed by atoms with Crippen molar-refractivity contribution in [3.8, 4) is 0 Å². The van der Waals surface area contributed by atoms with Gasteiger partial charge in [-0.05, 0) is 12.5 Å². The molecule has 2 heterocycles. The van der Waals surface area contributed by atoms with Crippen LogP contribution in [-0.4, -0.2) is 47.4 Å². The van der Waals surface area contributed by atoms with E-state index in [1.807, 2.05) is 13.8 Å². The number of thioether (sulfide) groups is 2. The number of halogens is 2. The first-order valence-electron chi connectivity index (χ1n) is 6.95. The lowest BCUT2D eigenvalue weighted by Gasteiger charge is -2.33. The van der Waals surface area contributed by atoms with E-state index in [1.165, 1.54) is 0 Å². The normalized spacial score (nSPS) is 31.4. The molecule has 1 N–H and O–H groups in total. The number of carbonyl (C=O) groups is 2. The van der Waals surface area contributed by atoms with E-state index in [4.69, 9.17) is 0 Å². The van der Waals surface area contributed by atoms with Crippen LogP contribution in [0.3, 0.4) is 0 Å². The second-order valence-electron chi connectivity index (χ2n) is 6.51. The van der Waals surface area contributed by atoms with E-state index >= 15 is 0 Å². The number of hydrogen-bond donors (Lipinski definition) is 1. The van der Waals surface area contributed by atoms with E-state index in [1.54, 1.807) is 23.5 Å². The van der Waals surface area contributed by atoms with Gasteiger partial charge in [-0.1, -0.05) is 37.4 Å². The molecule has 3 fully saturated rings. The monoisotopic (exact) mass is 384 g/mol. The van der Waals surface area contributed by atoms with Crippen LogP contribution in [0.4, 0.5) is 0 Å². The summed E-state index contributed by atoms with van der Waals surface area (Å²) in [7, 11) is 2.10. The Hall–Kier alpha value is 0.280. The Bertz CT molecular complexity index is 489. The molecule has 2 aliphatic heterocycles. The van der Waals surface area contributed by atoms with Gasteiger partial charge in [0.05, 0.1) is 20.6 Å². The average molecular weight is 385 g/mol. The number of nitrogens with one attached hydrogen (secondary N) is 1. The van der Waals surface area contributed by atoms with E-state index in [9.17, 15) is 9.59 Å². The van der Waals surface area contributed by atoms with Crippen molar-refractivity contribution in [2.45, 2.75) is 37.4 Å². The maximum atomic E-state index is 12.4. The van der Waals surface area contributed by atoms with E-state index in [-0.39, 0.29) is 47.2 Å². The summed E-state index contributed by atoms with van der Waals surface area (Å²) >= 11 is 3.34. The largest absolute Gasteiger partial charge is 0.302 e. The molecule has 1 aliphatic carbocycles. The molecule has 8 heteroatoms. The molecule has 0 spiro atoms. The lowest BCUT2D eigenvalue weighted by molar-refractivity contribution is -0.127. The molecule has 2 atom stereocenters. The van der Waals surface area contributed by atoms with Crippen LogP contribution in [-0.2, 0) is 9.59 Å². The van der Waals surface area contributed by atoms with Crippen molar-refractivity contribution in [2.75, 3.05) is 20.1 Å². The second kappa shape index (κ2) is 7.45. The van der Waals surface area contributed by atoms with Gasteiger partial charge >= 0.3 is 0 Å². The van der Waals surface area contributed by atoms with Crippen LogP contribution >= 0.6 is 48.3 Å². The zero-order chi connectivity index (χ0) is 14.5. The van der Waals surface area contributed by atoms with Gasteiger partial charge in [0.2, 0.25) is 0 Å². The van der Waals surface area contributed by atoms with E-state index in [0.717, 1.165) is 17.3 Å². The average Bonchev–Trinajstić information content (AvgIpc) is 2.71. The van der Waals surface area contributed by atoms with Crippen LogP contribution in [0.15, 0.2) is 9.81 Å². The van der Waals surface area contributed by atoms with Crippen LogP contribution < -0.4 is 5.32 Å². The van der Waals surface area contributed by atoms with Crippen LogP contribution in [0.5, 0.6) is 0 Å². The van der Waals surface area contributed by atoms with Crippen molar-refractivity contribution in [3.05, 3.63) is 9.81 Å². The smallest absolute Gasteiger partial charge is 0.168 e. The fourth-order valence-corrected chi connectivity index (χ4v) is 6.29. The third-order valence-electron chi connectivity index (χ3n) is 4.01. The number of hydrogen-bond acceptors (Lipinski definition) is 6. The number of carbonyl (C=O) groups excluding carboxylic acids is 2. The molecule has 22 heavy (non-hydrogen) atoms. The molecule has 0 bridgehead atoms. The molecular weight excluding hydrogens is 363 g/mol. The first kappa shape index (κ1) is 20.3. The standard InChI is InChI=1S/C14H20N2O2S2.2ClH/c1-14(2)6-8(17)10(9(18)7-14)13-19-11-12(20-13)16(3)5-4-15-11;;/h11-12,15H,4-7H2,1-3H3;2*1H. The highest BCUT2D eigenvalue weighted by molar-refractivity contribution is 8.26. The predicted molar refractivity (Wildman–Crippen MR) is 97.9 cm³/mol. The van der Waals surface area contributed by atoms with Crippen molar-refractivity contribution in [1.29, 1.82) is 0 Å². The molecule has 0 radical (unpaired) electrons. The Kier molecular flexibility index (Phi) is 6.88. The number of ketones is 2. The zero-order valence-corrected chi connectivity index (χ0v) is 16.1. The third kappa shape index (κ3) is 3.84. The van der Waals surface area contributed by atoms with E-state index in [2.05, 4.69) is 17.3 Å². The highest BCUT2D eigenvalue weighted by Gasteiger charge is 2.43. The number of Topliss-reactive ketones (excluding diaryl/α,β-unsaturated/α-hetero) is 2. The highest BCUT2D eigenvalue weighted by atomic mass is 35.5. The zero-order valence-electron chi connectivity index (χ0n) is 12.9. The molecule has 4 nitrogen and oxygen atoms in total. The number of piperazine rings is 1. The van der Waals surface area contributed by atoms with Crippen LogP contribution in [0.25, 0.3) is 0 Å². The summed E-state index contributed by atoms with van der Waals surface area (Å²) < 4.78 is 0.937. The summed E-state index contributed by atoms with van der Waals surface area (Å²) in [5.74, 6) is 0.0603. The molecule has 126 valence electrons. The lowest BCUT2D eigenvalue weighted by Crippen LogP contribution is -2.51. The summed E-state index contributed by atoms with van der Waals surface area (Å²) in [5.41, 5.74) is 0.289. The van der Waals surface area contributed by atoms with Gasteiger partial charge in [-0.2, -0.15) is 0 Å². The fraction of sp³-hybridized carbons (Fsp3) is 0.714. The Morgan fingerprint density at radius 2 is 1.73 bits per heavy atom. The number of fused-ring (bicyclic) bond motifs is 1. The quantitative estimate of drug-likeness (QED) is 0.511. The molecular formula is C14H22Cl2N2O2S2. The number of allylic oxidation sites excluding steroid dienone is 1. The van der Waals surface area contributed by atoms with Gasteiger partial charge in [0, 0.05) is 25.9 Å². The van der Waals surface area contributed by atoms with E-state index in [0.29, 0.717) is 23.8 Å². The summed E-state index contributed by atoms with van der Waals surface area (Å²) in [6.07, 6.45) is 0.967. The molecule has 3 rings (SSSR count). The summed E-state index contributed by atoms with van der Waals surface area (Å²) in [4.78, 5) is 27.0. The van der Waals surface area contributed by atoms with Crippen molar-refractivity contribution >= 4 is 59.9 Å². The predicted octanol–water partition coefficient (Wildman–Crippen LogP) is 2.67. The molecule has 2 unspecified atom stereocenters. The van der Waals surface area contributed by atoms with Gasteiger partial charge in [0.25, 0.3) is 0 Å². The van der Waals surface area contributed by atoms with Crippen molar-refractivity contribution in [3.63, 3.8) is 0 Å². The minimum atomic E-state index is -0.187. The molecule has 3 aliphatic rings. The minimum absolute atomic E-state index is 0. The molecule has 1 saturated carbocycles. The van der Waals surface area contributed by atoms with Crippen LogP contribution in [0.1, 0.15) is 26.7 Å². The molecule has 0 aromatic heterocycles. The van der Waals surface area contributed by atoms with Gasteiger partial charge in [-0.15, -0.1) is 24.8 Å². The lowest BCUT2D eigenvalue weighted by atomic mass is 9.74. The van der Waals surface area contributed by atoms with Crippen LogP contribution in [0.2, 0.25) is 0 Å². The molecule has 0 aromatic carbocycles. The Balaban J connectivity index is 0.00000121. The Morgan fingerprint density at radius 1 is 1.14 bits per heavy atom. The number of likely N-dealkylation sites (N-methyl/N-ethyl adjacent to an activating group) is 1. The van der Waals surface area contributed by atoms with Gasteiger partial charge in [0.1, 0.15) is 0 Å². The Labute approximate surface area is 152 Å². The maximum Gasteiger partial charge on any atom is 0.168 e. The van der Waals surface area contributed by atoms with Gasteiger partial charge in [-0.25, -0.2) is 0 Å². The van der Waals surface area contributed by atoms with Gasteiger partial charge < -0.3 is 5.32 Å². The SMILES string of the molecule is CN1CCNC2SC(=C3C(=O)CC(C)(C)CC3=O)SC21.Cl.Cl. The van der Waals surface area contributed by atoms with Crippen molar-refractivity contribution in [1.82, 2.24) is 10.2 Å². The van der Waals surface area contributed by atoms with Gasteiger partial charge in [-0.3, -0.25) is 14.5 Å². The summed E-state index contributed by atoms with van der Waals surface area (Å²) in [5, 5.41) is 4.08. The van der Waals surface area contributed by atoms with Crippen molar-refractivity contribution < 1.29 is 9.59 Å². The second-order valence-corrected chi connectivity index (χ2v) is 9.05. The maximum absolute atomic E-state index is 12.4. The number of nitrogens with zero attached hydrogens (tertiary/aromatic N) is 1. The number of rotatable bonds is 0. The Morgan fingerprint density at radius 3 is 2.27 bits per heavy atom. The molecule has 0 amide bonds. The fourth-order valence-electron chi connectivity index (χ4n) is 2.96. The third-order valence-corrected chi connectivity index (χ3v) is 7.14.